The van der Waals surface area contributed by atoms with Gasteiger partial charge in [-0.1, -0.05) is 36.4 Å². The molecule has 180 valence electrons. The van der Waals surface area contributed by atoms with E-state index < -0.39 is 5.97 Å². The molecule has 0 bridgehead atoms. The van der Waals surface area contributed by atoms with Crippen molar-refractivity contribution < 1.29 is 19.0 Å². The summed E-state index contributed by atoms with van der Waals surface area (Å²) in [5.41, 5.74) is 1.76. The molecule has 0 aliphatic carbocycles. The molecule has 0 saturated heterocycles. The van der Waals surface area contributed by atoms with Crippen molar-refractivity contribution >= 4 is 28.1 Å². The van der Waals surface area contributed by atoms with Gasteiger partial charge in [0.1, 0.15) is 11.6 Å². The molecule has 9 heteroatoms. The number of carbonyl (C=O) groups excluding carboxylic acids is 1. The monoisotopic (exact) mass is 499 g/mol. The van der Waals surface area contributed by atoms with Gasteiger partial charge in [-0.05, 0) is 36.4 Å². The maximum atomic E-state index is 13.1. The number of thiazole rings is 1. The summed E-state index contributed by atoms with van der Waals surface area (Å²) in [6.07, 6.45) is 0. The summed E-state index contributed by atoms with van der Waals surface area (Å²) in [4.78, 5) is 30.7. The zero-order valence-corrected chi connectivity index (χ0v) is 20.3. The highest BCUT2D eigenvalue weighted by Gasteiger charge is 2.19. The molecule has 0 aliphatic rings. The molecule has 0 aliphatic heterocycles. The van der Waals surface area contributed by atoms with Crippen LogP contribution in [0.3, 0.4) is 0 Å². The number of esters is 1. The Labute approximate surface area is 210 Å². The molecule has 0 amide bonds. The predicted octanol–water partition coefficient (Wildman–Crippen LogP) is 4.88. The minimum Gasteiger partial charge on any atom is -0.493 e. The molecule has 36 heavy (non-hydrogen) atoms. The van der Waals surface area contributed by atoms with E-state index in [4.69, 9.17) is 14.2 Å². The van der Waals surface area contributed by atoms with Gasteiger partial charge in [0.05, 0.1) is 31.0 Å². The van der Waals surface area contributed by atoms with E-state index in [2.05, 4.69) is 10.1 Å². The highest BCUT2D eigenvalue weighted by atomic mass is 32.1. The highest BCUT2D eigenvalue weighted by Crippen LogP contribution is 2.33. The number of fused-ring (bicyclic) bond motifs is 1. The number of aromatic nitrogens is 3. The zero-order chi connectivity index (χ0) is 25.1. The molecule has 8 nitrogen and oxygen atoms in total. The van der Waals surface area contributed by atoms with Gasteiger partial charge < -0.3 is 14.2 Å². The second kappa shape index (κ2) is 10.0. The van der Waals surface area contributed by atoms with Crippen molar-refractivity contribution in [2.75, 3.05) is 14.2 Å². The van der Waals surface area contributed by atoms with Crippen molar-refractivity contribution in [2.24, 2.45) is 0 Å². The van der Waals surface area contributed by atoms with E-state index in [-0.39, 0.29) is 17.9 Å². The van der Waals surface area contributed by atoms with Crippen molar-refractivity contribution in [3.63, 3.8) is 0 Å². The first-order valence-corrected chi connectivity index (χ1v) is 11.9. The lowest BCUT2D eigenvalue weighted by molar-refractivity contribution is 0.0462. The summed E-state index contributed by atoms with van der Waals surface area (Å²) >= 11 is 1.43. The second-order valence-corrected chi connectivity index (χ2v) is 8.59. The summed E-state index contributed by atoms with van der Waals surface area (Å²) in [5, 5.41) is 7.76. The summed E-state index contributed by atoms with van der Waals surface area (Å²) < 4.78 is 17.4. The fourth-order valence-electron chi connectivity index (χ4n) is 3.77. The van der Waals surface area contributed by atoms with Crippen LogP contribution in [0, 0.1) is 0 Å². The van der Waals surface area contributed by atoms with E-state index in [0.29, 0.717) is 33.7 Å². The Morgan fingerprint density at radius 2 is 1.64 bits per heavy atom. The van der Waals surface area contributed by atoms with Gasteiger partial charge in [0.25, 0.3) is 5.56 Å². The topological polar surface area (TPSA) is 92.5 Å². The number of hydrogen-bond donors (Lipinski definition) is 0. The number of nitrogens with zero attached hydrogens (tertiary/aromatic N) is 3. The van der Waals surface area contributed by atoms with Gasteiger partial charge in [-0.3, -0.25) is 4.79 Å². The largest absolute Gasteiger partial charge is 0.493 e. The SMILES string of the molecule is COc1ccc(-c2nc(COC(=O)c3nn(-c4ccccc4)c(=O)c4ccccc34)cs2)cc1OC. The molecule has 5 aromatic rings. The van der Waals surface area contributed by atoms with E-state index in [9.17, 15) is 9.59 Å². The molecule has 0 saturated carbocycles. The maximum Gasteiger partial charge on any atom is 0.359 e. The summed E-state index contributed by atoms with van der Waals surface area (Å²) in [6, 6.07) is 21.4. The number of ether oxygens (including phenoxy) is 3. The van der Waals surface area contributed by atoms with Crippen molar-refractivity contribution in [1.29, 1.82) is 0 Å². The fraction of sp³-hybridized carbons (Fsp3) is 0.111. The number of methoxy groups -OCH3 is 2. The van der Waals surface area contributed by atoms with Crippen LogP contribution in [-0.2, 0) is 11.3 Å². The Bertz CT molecular complexity index is 1610. The number of rotatable bonds is 7. The quantitative estimate of drug-likeness (QED) is 0.295. The molecule has 2 heterocycles. The summed E-state index contributed by atoms with van der Waals surface area (Å²) in [7, 11) is 3.16. The highest BCUT2D eigenvalue weighted by molar-refractivity contribution is 7.13. The predicted molar refractivity (Wildman–Crippen MR) is 137 cm³/mol. The first-order chi connectivity index (χ1) is 17.6. The molecule has 2 aromatic heterocycles. The molecule has 0 N–H and O–H groups in total. The van der Waals surface area contributed by atoms with Gasteiger partial charge in [0, 0.05) is 16.3 Å². The third-order valence-corrected chi connectivity index (χ3v) is 6.47. The standard InChI is InChI=1S/C27H21N3O5S/c1-33-22-13-12-17(14-23(22)34-2)25-28-18(16-36-25)15-35-27(32)24-20-10-6-7-11-21(20)26(31)30(29-24)19-8-4-3-5-9-19/h3-14,16H,15H2,1-2H3. The van der Waals surface area contributed by atoms with E-state index in [1.54, 1.807) is 62.8 Å². The normalized spacial score (nSPS) is 10.8. The average molecular weight is 500 g/mol. The van der Waals surface area contributed by atoms with Gasteiger partial charge >= 0.3 is 5.97 Å². The van der Waals surface area contributed by atoms with E-state index >= 15 is 0 Å². The summed E-state index contributed by atoms with van der Waals surface area (Å²) in [6.45, 7) is -0.0386. The average Bonchev–Trinajstić information content (AvgIpc) is 3.41. The molecule has 0 fully saturated rings. The van der Waals surface area contributed by atoms with E-state index in [1.165, 1.54) is 16.0 Å². The Balaban J connectivity index is 1.41. The Morgan fingerprint density at radius 1 is 0.917 bits per heavy atom. The van der Waals surface area contributed by atoms with Crippen molar-refractivity contribution in [2.45, 2.75) is 6.61 Å². The first kappa shape index (κ1) is 23.3. The molecule has 0 unspecified atom stereocenters. The van der Waals surface area contributed by atoms with Crippen LogP contribution in [0.4, 0.5) is 0 Å². The molecule has 5 rings (SSSR count). The molecule has 3 aromatic carbocycles. The minimum atomic E-state index is -0.642. The first-order valence-electron chi connectivity index (χ1n) is 11.0. The van der Waals surface area contributed by atoms with Crippen LogP contribution < -0.4 is 15.0 Å². The molecular formula is C27H21N3O5S. The van der Waals surface area contributed by atoms with Crippen LogP contribution >= 0.6 is 11.3 Å². The van der Waals surface area contributed by atoms with Gasteiger partial charge in [-0.2, -0.15) is 9.78 Å². The number of benzene rings is 3. The third kappa shape index (κ3) is 4.44. The second-order valence-electron chi connectivity index (χ2n) is 7.74. The number of carbonyl (C=O) groups is 1. The molecule has 0 radical (unpaired) electrons. The zero-order valence-electron chi connectivity index (χ0n) is 19.5. The molecule has 0 spiro atoms. The van der Waals surface area contributed by atoms with Crippen LogP contribution in [0.1, 0.15) is 16.2 Å². The van der Waals surface area contributed by atoms with Gasteiger partial charge in [-0.25, -0.2) is 9.78 Å². The van der Waals surface area contributed by atoms with Crippen LogP contribution in [0.25, 0.3) is 27.0 Å². The molecule has 0 atom stereocenters. The Hall–Kier alpha value is -4.50. The minimum absolute atomic E-state index is 0.0386. The fourth-order valence-corrected chi connectivity index (χ4v) is 4.57. The Kier molecular flexibility index (Phi) is 6.46. The van der Waals surface area contributed by atoms with E-state index in [1.807, 2.05) is 29.6 Å². The number of para-hydroxylation sites is 1. The lowest BCUT2D eigenvalue weighted by Crippen LogP contribution is -2.25. The molecular weight excluding hydrogens is 478 g/mol. The Morgan fingerprint density at radius 3 is 2.39 bits per heavy atom. The lowest BCUT2D eigenvalue weighted by atomic mass is 10.1. The maximum absolute atomic E-state index is 13.1. The van der Waals surface area contributed by atoms with Crippen LogP contribution in [0.2, 0.25) is 0 Å². The van der Waals surface area contributed by atoms with Gasteiger partial charge in [0.15, 0.2) is 17.2 Å². The van der Waals surface area contributed by atoms with E-state index in [0.717, 1.165) is 10.6 Å². The van der Waals surface area contributed by atoms with Crippen molar-refractivity contribution in [3.05, 3.63) is 99.9 Å². The lowest BCUT2D eigenvalue weighted by Gasteiger charge is -2.10. The number of hydrogen-bond acceptors (Lipinski definition) is 8. The van der Waals surface area contributed by atoms with Crippen LogP contribution in [0.5, 0.6) is 11.5 Å². The van der Waals surface area contributed by atoms with Crippen molar-refractivity contribution in [3.8, 4) is 27.8 Å². The van der Waals surface area contributed by atoms with Crippen LogP contribution in [0.15, 0.2) is 83.0 Å². The third-order valence-electron chi connectivity index (χ3n) is 5.53. The smallest absolute Gasteiger partial charge is 0.359 e. The summed E-state index contributed by atoms with van der Waals surface area (Å²) in [5.74, 6) is 0.588. The van der Waals surface area contributed by atoms with Crippen LogP contribution in [-0.4, -0.2) is 35.0 Å². The van der Waals surface area contributed by atoms with Gasteiger partial charge in [-0.15, -0.1) is 11.3 Å². The van der Waals surface area contributed by atoms with Gasteiger partial charge in [0.2, 0.25) is 0 Å². The van der Waals surface area contributed by atoms with Crippen molar-refractivity contribution in [1.82, 2.24) is 14.8 Å².